The third-order valence-corrected chi connectivity index (χ3v) is 3.58. The normalized spacial score (nSPS) is 12.8. The molecule has 5 nitrogen and oxygen atoms in total. The average molecular weight is 296 g/mol. The van der Waals surface area contributed by atoms with Crippen LogP contribution in [0.1, 0.15) is 44.1 Å². The summed E-state index contributed by atoms with van der Waals surface area (Å²) in [6.45, 7) is 6.07. The van der Waals surface area contributed by atoms with Crippen LogP contribution in [-0.2, 0) is 13.6 Å². The third kappa shape index (κ3) is 3.04. The molecule has 2 heterocycles. The Labute approximate surface area is 125 Å². The van der Waals surface area contributed by atoms with E-state index in [4.69, 9.17) is 11.6 Å². The van der Waals surface area contributed by atoms with Crippen molar-refractivity contribution >= 4 is 11.6 Å². The number of hydrogen-bond donors (Lipinski definition) is 1. The second-order valence-electron chi connectivity index (χ2n) is 4.92. The van der Waals surface area contributed by atoms with Crippen molar-refractivity contribution in [2.24, 2.45) is 7.05 Å². The van der Waals surface area contributed by atoms with E-state index in [1.165, 1.54) is 0 Å². The Morgan fingerprint density at radius 2 is 2.10 bits per heavy atom. The fourth-order valence-corrected chi connectivity index (χ4v) is 2.57. The van der Waals surface area contributed by atoms with E-state index in [-0.39, 0.29) is 6.04 Å². The van der Waals surface area contributed by atoms with E-state index >= 15 is 0 Å². The van der Waals surface area contributed by atoms with Crippen molar-refractivity contribution in [3.05, 3.63) is 35.1 Å². The molecule has 0 radical (unpaired) electrons. The minimum atomic E-state index is 0.0176. The first-order valence-electron chi connectivity index (χ1n) is 7.09. The van der Waals surface area contributed by atoms with Crippen LogP contribution in [0.15, 0.2) is 18.7 Å². The molecule has 20 heavy (non-hydrogen) atoms. The average Bonchev–Trinajstić information content (AvgIpc) is 3.00. The molecule has 1 N–H and O–H groups in total. The van der Waals surface area contributed by atoms with Crippen LogP contribution in [0, 0.1) is 0 Å². The lowest BCUT2D eigenvalue weighted by Crippen LogP contribution is -2.27. The van der Waals surface area contributed by atoms with Gasteiger partial charge in [0.2, 0.25) is 0 Å². The SMILES string of the molecule is CCCNC(c1cncn1C)c1c(Cl)cnn1CCC. The Morgan fingerprint density at radius 1 is 1.30 bits per heavy atom. The maximum absolute atomic E-state index is 6.37. The van der Waals surface area contributed by atoms with Crippen molar-refractivity contribution in [2.45, 2.75) is 39.3 Å². The molecule has 2 rings (SSSR count). The number of aryl methyl sites for hydroxylation is 2. The lowest BCUT2D eigenvalue weighted by Gasteiger charge is -2.21. The maximum atomic E-state index is 6.37. The molecule has 0 aliphatic rings. The molecule has 2 aromatic rings. The van der Waals surface area contributed by atoms with E-state index in [2.05, 4.69) is 29.2 Å². The lowest BCUT2D eigenvalue weighted by atomic mass is 10.1. The topological polar surface area (TPSA) is 47.7 Å². The predicted octanol–water partition coefficient (Wildman–Crippen LogP) is 2.77. The van der Waals surface area contributed by atoms with Crippen LogP contribution in [0.3, 0.4) is 0 Å². The summed E-state index contributed by atoms with van der Waals surface area (Å²) in [7, 11) is 2.00. The van der Waals surface area contributed by atoms with Gasteiger partial charge < -0.3 is 9.88 Å². The highest BCUT2D eigenvalue weighted by molar-refractivity contribution is 6.31. The Balaban J connectivity index is 2.41. The van der Waals surface area contributed by atoms with Crippen molar-refractivity contribution in [1.82, 2.24) is 24.6 Å². The molecule has 0 saturated heterocycles. The van der Waals surface area contributed by atoms with Crippen LogP contribution in [0.25, 0.3) is 0 Å². The van der Waals surface area contributed by atoms with Gasteiger partial charge in [0.15, 0.2) is 0 Å². The summed E-state index contributed by atoms with van der Waals surface area (Å²) in [5, 5.41) is 8.64. The Morgan fingerprint density at radius 3 is 2.70 bits per heavy atom. The van der Waals surface area contributed by atoms with Crippen LogP contribution in [0.5, 0.6) is 0 Å². The molecule has 0 amide bonds. The Hall–Kier alpha value is -1.33. The van der Waals surface area contributed by atoms with Gasteiger partial charge in [0, 0.05) is 13.6 Å². The van der Waals surface area contributed by atoms with E-state index in [0.717, 1.165) is 37.3 Å². The molecule has 0 aliphatic carbocycles. The molecule has 110 valence electrons. The summed E-state index contributed by atoms with van der Waals surface area (Å²) in [5.74, 6) is 0. The molecule has 0 fully saturated rings. The molecule has 2 aromatic heterocycles. The largest absolute Gasteiger partial charge is 0.336 e. The molecule has 0 aliphatic heterocycles. The van der Waals surface area contributed by atoms with Crippen LogP contribution < -0.4 is 5.32 Å². The van der Waals surface area contributed by atoms with Gasteiger partial charge in [0.05, 0.1) is 41.2 Å². The van der Waals surface area contributed by atoms with Gasteiger partial charge >= 0.3 is 0 Å². The number of nitrogens with zero attached hydrogens (tertiary/aromatic N) is 4. The Bertz CT molecular complexity index is 546. The zero-order valence-electron chi connectivity index (χ0n) is 12.3. The molecule has 0 saturated carbocycles. The number of rotatable bonds is 7. The van der Waals surface area contributed by atoms with Gasteiger partial charge in [0.25, 0.3) is 0 Å². The minimum Gasteiger partial charge on any atom is -0.336 e. The van der Waals surface area contributed by atoms with Gasteiger partial charge in [-0.1, -0.05) is 25.4 Å². The molecular weight excluding hydrogens is 274 g/mol. The van der Waals surface area contributed by atoms with E-state index in [1.54, 1.807) is 6.20 Å². The highest BCUT2D eigenvalue weighted by Crippen LogP contribution is 2.28. The summed E-state index contributed by atoms with van der Waals surface area (Å²) in [6.07, 6.45) is 7.51. The van der Waals surface area contributed by atoms with Gasteiger partial charge in [-0.25, -0.2) is 4.98 Å². The summed E-state index contributed by atoms with van der Waals surface area (Å²) in [4.78, 5) is 4.22. The summed E-state index contributed by atoms with van der Waals surface area (Å²) >= 11 is 6.37. The van der Waals surface area contributed by atoms with Crippen molar-refractivity contribution in [3.8, 4) is 0 Å². The van der Waals surface area contributed by atoms with Crippen LogP contribution in [0.2, 0.25) is 5.02 Å². The highest BCUT2D eigenvalue weighted by atomic mass is 35.5. The lowest BCUT2D eigenvalue weighted by molar-refractivity contribution is 0.498. The monoisotopic (exact) mass is 295 g/mol. The molecule has 6 heteroatoms. The van der Waals surface area contributed by atoms with Gasteiger partial charge in [-0.15, -0.1) is 0 Å². The van der Waals surface area contributed by atoms with Gasteiger partial charge in [0.1, 0.15) is 0 Å². The van der Waals surface area contributed by atoms with E-state index < -0.39 is 0 Å². The van der Waals surface area contributed by atoms with Crippen molar-refractivity contribution < 1.29 is 0 Å². The van der Waals surface area contributed by atoms with Crippen molar-refractivity contribution in [3.63, 3.8) is 0 Å². The second-order valence-corrected chi connectivity index (χ2v) is 5.32. The summed E-state index contributed by atoms with van der Waals surface area (Å²) < 4.78 is 4.01. The standard InChI is InChI=1S/C14H22ClN5/c1-4-6-17-13(12-9-16-10-19(12)3)14-11(15)8-18-20(14)7-5-2/h8-10,13,17H,4-7H2,1-3H3. The van der Waals surface area contributed by atoms with E-state index in [0.29, 0.717) is 5.02 Å². The molecule has 1 atom stereocenters. The molecule has 0 spiro atoms. The molecule has 1 unspecified atom stereocenters. The molecule has 0 aromatic carbocycles. The van der Waals surface area contributed by atoms with Crippen molar-refractivity contribution in [2.75, 3.05) is 6.54 Å². The first kappa shape index (κ1) is 15.1. The first-order chi connectivity index (χ1) is 9.69. The summed E-state index contributed by atoms with van der Waals surface area (Å²) in [5.41, 5.74) is 2.11. The fraction of sp³-hybridized carbons (Fsp3) is 0.571. The van der Waals surface area contributed by atoms with Gasteiger partial charge in [-0.2, -0.15) is 5.10 Å². The summed E-state index contributed by atoms with van der Waals surface area (Å²) in [6, 6.07) is 0.0176. The highest BCUT2D eigenvalue weighted by Gasteiger charge is 2.23. The number of aromatic nitrogens is 4. The zero-order valence-corrected chi connectivity index (χ0v) is 13.1. The second kappa shape index (κ2) is 6.90. The van der Waals surface area contributed by atoms with E-state index in [9.17, 15) is 0 Å². The number of halogens is 1. The number of hydrogen-bond acceptors (Lipinski definition) is 3. The van der Waals surface area contributed by atoms with Crippen molar-refractivity contribution in [1.29, 1.82) is 0 Å². The van der Waals surface area contributed by atoms with Gasteiger partial charge in [-0.3, -0.25) is 4.68 Å². The van der Waals surface area contributed by atoms with Crippen LogP contribution >= 0.6 is 11.6 Å². The minimum absolute atomic E-state index is 0.0176. The van der Waals surface area contributed by atoms with Gasteiger partial charge in [-0.05, 0) is 19.4 Å². The maximum Gasteiger partial charge on any atom is 0.0946 e. The van der Waals surface area contributed by atoms with Crippen LogP contribution in [-0.4, -0.2) is 25.9 Å². The first-order valence-corrected chi connectivity index (χ1v) is 7.47. The third-order valence-electron chi connectivity index (χ3n) is 3.29. The smallest absolute Gasteiger partial charge is 0.0946 e. The predicted molar refractivity (Wildman–Crippen MR) is 80.9 cm³/mol. The van der Waals surface area contributed by atoms with Crippen LogP contribution in [0.4, 0.5) is 0 Å². The number of nitrogens with one attached hydrogen (secondary N) is 1. The number of imidazole rings is 1. The molecule has 0 bridgehead atoms. The fourth-order valence-electron chi connectivity index (χ4n) is 2.32. The quantitative estimate of drug-likeness (QED) is 0.854. The zero-order chi connectivity index (χ0) is 14.5. The van der Waals surface area contributed by atoms with E-state index in [1.807, 2.05) is 28.8 Å². The molecular formula is C14H22ClN5. The Kier molecular flexibility index (Phi) is 5.20.